The fourth-order valence-electron chi connectivity index (χ4n) is 1.67. The average molecular weight is 236 g/mol. The quantitative estimate of drug-likeness (QED) is 0.604. The summed E-state index contributed by atoms with van der Waals surface area (Å²) in [6.07, 6.45) is 3.95. The third-order valence-corrected chi connectivity index (χ3v) is 4.29. The highest BCUT2D eigenvalue weighted by atomic mass is 32.2. The van der Waals surface area contributed by atoms with E-state index in [1.165, 1.54) is 29.7 Å². The van der Waals surface area contributed by atoms with E-state index in [1.54, 1.807) is 0 Å². The molecule has 0 heterocycles. The van der Waals surface area contributed by atoms with Gasteiger partial charge >= 0.3 is 0 Å². The Kier molecular flexibility index (Phi) is 5.97. The maximum atomic E-state index is 2.31. The first kappa shape index (κ1) is 13.6. The summed E-state index contributed by atoms with van der Waals surface area (Å²) in [6.45, 7) is 9.06. The number of thioether (sulfide) groups is 1. The van der Waals surface area contributed by atoms with Gasteiger partial charge in [0, 0.05) is 10.1 Å². The van der Waals surface area contributed by atoms with Crippen LogP contribution in [0.4, 0.5) is 0 Å². The molecule has 0 aliphatic rings. The number of hydrogen-bond donors (Lipinski definition) is 0. The van der Waals surface area contributed by atoms with E-state index in [4.69, 9.17) is 0 Å². The summed E-state index contributed by atoms with van der Waals surface area (Å²) in [5.41, 5.74) is 1.35. The van der Waals surface area contributed by atoms with Crippen LogP contribution in [-0.4, -0.2) is 5.25 Å². The molecule has 0 aliphatic carbocycles. The van der Waals surface area contributed by atoms with E-state index in [9.17, 15) is 0 Å². The summed E-state index contributed by atoms with van der Waals surface area (Å²) >= 11 is 2.04. The normalized spacial score (nSPS) is 13.1. The molecule has 0 bridgehead atoms. The maximum absolute atomic E-state index is 2.31. The Hall–Kier alpha value is -0.430. The van der Waals surface area contributed by atoms with E-state index in [2.05, 4.69) is 52.0 Å². The number of rotatable bonds is 6. The molecule has 0 aromatic heterocycles. The van der Waals surface area contributed by atoms with Crippen LogP contribution in [0.25, 0.3) is 0 Å². The van der Waals surface area contributed by atoms with Crippen molar-refractivity contribution in [2.45, 2.75) is 57.1 Å². The number of benzene rings is 1. The highest BCUT2D eigenvalue weighted by molar-refractivity contribution is 8.00. The van der Waals surface area contributed by atoms with Crippen molar-refractivity contribution in [2.24, 2.45) is 5.92 Å². The van der Waals surface area contributed by atoms with Gasteiger partial charge in [-0.3, -0.25) is 0 Å². The molecule has 0 saturated heterocycles. The average Bonchev–Trinajstić information content (AvgIpc) is 2.26. The van der Waals surface area contributed by atoms with E-state index < -0.39 is 0 Å². The van der Waals surface area contributed by atoms with Crippen LogP contribution in [0.15, 0.2) is 29.2 Å². The second-order valence-corrected chi connectivity index (χ2v) is 6.31. The molecule has 1 heteroatoms. The number of aryl methyl sites for hydroxylation is 1. The van der Waals surface area contributed by atoms with Crippen molar-refractivity contribution in [3.8, 4) is 0 Å². The fourth-order valence-corrected chi connectivity index (χ4v) is 2.77. The molecule has 1 aromatic carbocycles. The lowest BCUT2D eigenvalue weighted by molar-refractivity contribution is 0.541. The SMILES string of the molecule is CCC(CCC(C)C)Sc1ccc(C)cc1. The van der Waals surface area contributed by atoms with Gasteiger partial charge in [-0.05, 0) is 44.2 Å². The predicted octanol–water partition coefficient (Wildman–Crippen LogP) is 5.30. The molecule has 0 aliphatic heterocycles. The lowest BCUT2D eigenvalue weighted by Crippen LogP contribution is -2.02. The van der Waals surface area contributed by atoms with Gasteiger partial charge in [0.05, 0.1) is 0 Å². The second kappa shape index (κ2) is 7.01. The zero-order chi connectivity index (χ0) is 12.0. The van der Waals surface area contributed by atoms with Gasteiger partial charge < -0.3 is 0 Å². The first-order valence-corrected chi connectivity index (χ1v) is 7.23. The Bertz CT molecular complexity index is 287. The number of hydrogen-bond acceptors (Lipinski definition) is 1. The highest BCUT2D eigenvalue weighted by Gasteiger charge is 2.09. The second-order valence-electron chi connectivity index (χ2n) is 4.93. The van der Waals surface area contributed by atoms with Gasteiger partial charge in [-0.2, -0.15) is 0 Å². The van der Waals surface area contributed by atoms with E-state index in [-0.39, 0.29) is 0 Å². The Morgan fingerprint density at radius 1 is 1.06 bits per heavy atom. The van der Waals surface area contributed by atoms with Crippen LogP contribution in [0.1, 0.15) is 45.6 Å². The molecule has 0 N–H and O–H groups in total. The van der Waals surface area contributed by atoms with Gasteiger partial charge in [0.25, 0.3) is 0 Å². The molecule has 1 rings (SSSR count). The zero-order valence-corrected chi connectivity index (χ0v) is 11.8. The molecular weight excluding hydrogens is 212 g/mol. The predicted molar refractivity (Wildman–Crippen MR) is 75.2 cm³/mol. The largest absolute Gasteiger partial charge is 0.123 e. The van der Waals surface area contributed by atoms with Gasteiger partial charge in [0.1, 0.15) is 0 Å². The van der Waals surface area contributed by atoms with Crippen molar-refractivity contribution in [3.05, 3.63) is 29.8 Å². The zero-order valence-electron chi connectivity index (χ0n) is 11.0. The first-order valence-electron chi connectivity index (χ1n) is 6.35. The lowest BCUT2D eigenvalue weighted by Gasteiger charge is -2.15. The van der Waals surface area contributed by atoms with Crippen LogP contribution < -0.4 is 0 Å². The van der Waals surface area contributed by atoms with Crippen molar-refractivity contribution in [1.82, 2.24) is 0 Å². The van der Waals surface area contributed by atoms with Gasteiger partial charge in [0.15, 0.2) is 0 Å². The van der Waals surface area contributed by atoms with Crippen LogP contribution in [-0.2, 0) is 0 Å². The maximum Gasteiger partial charge on any atom is 0.00918 e. The van der Waals surface area contributed by atoms with Crippen LogP contribution in [0.5, 0.6) is 0 Å². The van der Waals surface area contributed by atoms with Crippen LogP contribution in [0.2, 0.25) is 0 Å². The lowest BCUT2D eigenvalue weighted by atomic mass is 10.1. The van der Waals surface area contributed by atoms with Gasteiger partial charge in [0.2, 0.25) is 0 Å². The third-order valence-electron chi connectivity index (χ3n) is 2.85. The molecule has 16 heavy (non-hydrogen) atoms. The Morgan fingerprint density at radius 2 is 1.69 bits per heavy atom. The molecule has 0 spiro atoms. The summed E-state index contributed by atoms with van der Waals surface area (Å²) in [4.78, 5) is 1.42. The van der Waals surface area contributed by atoms with Gasteiger partial charge in [-0.15, -0.1) is 11.8 Å². The molecule has 90 valence electrons. The summed E-state index contributed by atoms with van der Waals surface area (Å²) in [7, 11) is 0. The molecule has 0 nitrogen and oxygen atoms in total. The summed E-state index contributed by atoms with van der Waals surface area (Å²) in [6, 6.07) is 8.91. The minimum absolute atomic E-state index is 0.783. The molecule has 1 aromatic rings. The fraction of sp³-hybridized carbons (Fsp3) is 0.600. The van der Waals surface area contributed by atoms with Crippen molar-refractivity contribution in [3.63, 3.8) is 0 Å². The Morgan fingerprint density at radius 3 is 2.19 bits per heavy atom. The summed E-state index contributed by atoms with van der Waals surface area (Å²) < 4.78 is 0. The van der Waals surface area contributed by atoms with Crippen LogP contribution in [0, 0.1) is 12.8 Å². The molecular formula is C15H24S. The summed E-state index contributed by atoms with van der Waals surface area (Å²) in [5, 5.41) is 0.783. The monoisotopic (exact) mass is 236 g/mol. The van der Waals surface area contributed by atoms with E-state index in [0.717, 1.165) is 11.2 Å². The van der Waals surface area contributed by atoms with Crippen molar-refractivity contribution >= 4 is 11.8 Å². The van der Waals surface area contributed by atoms with Gasteiger partial charge in [-0.1, -0.05) is 38.5 Å². The van der Waals surface area contributed by atoms with Crippen LogP contribution >= 0.6 is 11.8 Å². The van der Waals surface area contributed by atoms with E-state index >= 15 is 0 Å². The van der Waals surface area contributed by atoms with Crippen molar-refractivity contribution in [2.75, 3.05) is 0 Å². The first-order chi connectivity index (χ1) is 7.61. The molecule has 0 amide bonds. The standard InChI is InChI=1S/C15H24S/c1-5-14(9-6-12(2)3)16-15-10-7-13(4)8-11-15/h7-8,10-12,14H,5-6,9H2,1-4H3. The van der Waals surface area contributed by atoms with Crippen molar-refractivity contribution in [1.29, 1.82) is 0 Å². The highest BCUT2D eigenvalue weighted by Crippen LogP contribution is 2.29. The minimum atomic E-state index is 0.783. The van der Waals surface area contributed by atoms with E-state index in [0.29, 0.717) is 0 Å². The van der Waals surface area contributed by atoms with Crippen molar-refractivity contribution < 1.29 is 0 Å². The topological polar surface area (TPSA) is 0 Å². The van der Waals surface area contributed by atoms with Gasteiger partial charge in [-0.25, -0.2) is 0 Å². The smallest absolute Gasteiger partial charge is 0.00918 e. The Balaban J connectivity index is 2.46. The molecule has 0 radical (unpaired) electrons. The minimum Gasteiger partial charge on any atom is -0.123 e. The summed E-state index contributed by atoms with van der Waals surface area (Å²) in [5.74, 6) is 0.827. The molecule has 1 atom stereocenters. The third kappa shape index (κ3) is 5.07. The van der Waals surface area contributed by atoms with Crippen LogP contribution in [0.3, 0.4) is 0 Å². The Labute approximate surface area is 105 Å². The van der Waals surface area contributed by atoms with E-state index in [1.807, 2.05) is 11.8 Å². The molecule has 0 saturated carbocycles. The molecule has 0 fully saturated rings. The molecule has 1 unspecified atom stereocenters.